The Balaban J connectivity index is 1.74. The van der Waals surface area contributed by atoms with E-state index in [4.69, 9.17) is 10.8 Å². The lowest BCUT2D eigenvalue weighted by Gasteiger charge is -2.14. The molecule has 1 aromatic heterocycles. The highest BCUT2D eigenvalue weighted by atomic mass is 32.2. The Kier molecular flexibility index (Phi) is 5.14. The zero-order valence-electron chi connectivity index (χ0n) is 16.0. The number of rotatable bonds is 6. The first kappa shape index (κ1) is 20.1. The summed E-state index contributed by atoms with van der Waals surface area (Å²) in [6, 6.07) is 18.8. The van der Waals surface area contributed by atoms with Crippen LogP contribution in [0.15, 0.2) is 77.7 Å². The number of nitrogens with two attached hydrogens (primary N) is 1. The molecule has 156 valence electrons. The highest BCUT2D eigenvalue weighted by Gasteiger charge is 2.19. The molecule has 0 bridgehead atoms. The van der Waals surface area contributed by atoms with E-state index >= 15 is 0 Å². The second kappa shape index (κ2) is 7.92. The van der Waals surface area contributed by atoms with Crippen molar-refractivity contribution in [1.29, 1.82) is 0 Å². The number of nitrogens with one attached hydrogen (secondary N) is 2. The van der Waals surface area contributed by atoms with Gasteiger partial charge in [0.15, 0.2) is 11.6 Å². The Morgan fingerprint density at radius 3 is 2.00 bits per heavy atom. The molecule has 4 aromatic rings. The summed E-state index contributed by atoms with van der Waals surface area (Å²) in [6.07, 6.45) is 0. The molecule has 5 N–H and O–H groups in total. The molecule has 0 aliphatic heterocycles. The van der Waals surface area contributed by atoms with Gasteiger partial charge in [-0.2, -0.15) is 0 Å². The van der Waals surface area contributed by atoms with Crippen molar-refractivity contribution >= 4 is 50.0 Å². The van der Waals surface area contributed by atoms with Crippen molar-refractivity contribution < 1.29 is 18.3 Å². The Labute approximate surface area is 177 Å². The fourth-order valence-electron chi connectivity index (χ4n) is 2.82. The van der Waals surface area contributed by atoms with Crippen molar-refractivity contribution in [2.45, 2.75) is 4.90 Å². The average molecular weight is 435 g/mol. The minimum Gasteiger partial charge on any atom is -0.478 e. The number of benzene rings is 3. The first-order valence-electron chi connectivity index (χ1n) is 9.07. The van der Waals surface area contributed by atoms with Gasteiger partial charge in [-0.15, -0.1) is 0 Å². The largest absolute Gasteiger partial charge is 0.478 e. The van der Waals surface area contributed by atoms with E-state index in [1.807, 2.05) is 0 Å². The number of carbonyl (C=O) groups is 1. The summed E-state index contributed by atoms with van der Waals surface area (Å²) >= 11 is 0. The molecule has 3 aromatic carbocycles. The van der Waals surface area contributed by atoms with Crippen LogP contribution in [0.5, 0.6) is 0 Å². The van der Waals surface area contributed by atoms with Gasteiger partial charge >= 0.3 is 5.97 Å². The van der Waals surface area contributed by atoms with Crippen LogP contribution in [0.3, 0.4) is 0 Å². The summed E-state index contributed by atoms with van der Waals surface area (Å²) in [5.74, 6) is -0.882. The van der Waals surface area contributed by atoms with Gasteiger partial charge < -0.3 is 16.2 Å². The Morgan fingerprint density at radius 2 is 1.42 bits per heavy atom. The third-order valence-electron chi connectivity index (χ3n) is 4.39. The highest BCUT2D eigenvalue weighted by molar-refractivity contribution is 7.92. The number of hydrogen-bond donors (Lipinski definition) is 4. The minimum atomic E-state index is -3.96. The molecule has 0 saturated carbocycles. The smallest absolute Gasteiger partial charge is 0.335 e. The van der Waals surface area contributed by atoms with Crippen LogP contribution in [0.2, 0.25) is 0 Å². The zero-order chi connectivity index (χ0) is 22.0. The number of aromatic nitrogens is 2. The number of sulfonamides is 1. The predicted octanol–water partition coefficient (Wildman–Crippen LogP) is 3.45. The Bertz CT molecular complexity index is 1370. The molecule has 4 rings (SSSR count). The van der Waals surface area contributed by atoms with E-state index in [-0.39, 0.29) is 22.1 Å². The standard InChI is InChI=1S/C21H17N5O4S/c22-14-7-11-16(12-8-14)31(29,30)26-20-19(24-17-3-1-2-4-18(17)25-20)23-15-9-5-13(6-10-15)21(27)28/h1-12H,22H2,(H,23,24)(H,25,26)(H,27,28). The summed E-state index contributed by atoms with van der Waals surface area (Å²) in [6.45, 7) is 0. The third kappa shape index (κ3) is 4.38. The van der Waals surface area contributed by atoms with Gasteiger partial charge in [-0.05, 0) is 60.7 Å². The molecule has 0 aliphatic rings. The maximum Gasteiger partial charge on any atom is 0.335 e. The van der Waals surface area contributed by atoms with E-state index in [1.165, 1.54) is 36.4 Å². The van der Waals surface area contributed by atoms with Crippen molar-refractivity contribution in [3.05, 3.63) is 78.4 Å². The van der Waals surface area contributed by atoms with Crippen LogP contribution in [0.4, 0.5) is 23.0 Å². The lowest BCUT2D eigenvalue weighted by molar-refractivity contribution is 0.0697. The van der Waals surface area contributed by atoms with E-state index in [0.29, 0.717) is 22.4 Å². The van der Waals surface area contributed by atoms with Crippen LogP contribution >= 0.6 is 0 Å². The molecule has 0 unspecified atom stereocenters. The van der Waals surface area contributed by atoms with Crippen LogP contribution in [-0.2, 0) is 10.0 Å². The zero-order valence-corrected chi connectivity index (χ0v) is 16.8. The minimum absolute atomic E-state index is 0.00200. The Morgan fingerprint density at radius 1 is 0.839 bits per heavy atom. The number of aromatic carboxylic acids is 1. The highest BCUT2D eigenvalue weighted by Crippen LogP contribution is 2.27. The average Bonchev–Trinajstić information content (AvgIpc) is 2.74. The first-order valence-corrected chi connectivity index (χ1v) is 10.6. The maximum atomic E-state index is 12.9. The molecule has 0 radical (unpaired) electrons. The van der Waals surface area contributed by atoms with Crippen LogP contribution in [-0.4, -0.2) is 29.5 Å². The van der Waals surface area contributed by atoms with Gasteiger partial charge in [0.05, 0.1) is 21.5 Å². The molecule has 31 heavy (non-hydrogen) atoms. The third-order valence-corrected chi connectivity index (χ3v) is 5.74. The monoisotopic (exact) mass is 435 g/mol. The molecule has 0 atom stereocenters. The fourth-order valence-corrected chi connectivity index (χ4v) is 3.83. The lowest BCUT2D eigenvalue weighted by atomic mass is 10.2. The molecule has 1 heterocycles. The maximum absolute atomic E-state index is 12.9. The molecule has 10 heteroatoms. The van der Waals surface area contributed by atoms with Gasteiger partial charge in [0.25, 0.3) is 10.0 Å². The number of carboxylic acids is 1. The van der Waals surface area contributed by atoms with E-state index in [9.17, 15) is 13.2 Å². The summed E-state index contributed by atoms with van der Waals surface area (Å²) in [4.78, 5) is 20.0. The van der Waals surface area contributed by atoms with Crippen molar-refractivity contribution in [3.63, 3.8) is 0 Å². The van der Waals surface area contributed by atoms with Gasteiger partial charge in [0.2, 0.25) is 0 Å². The van der Waals surface area contributed by atoms with E-state index < -0.39 is 16.0 Å². The van der Waals surface area contributed by atoms with Gasteiger partial charge in [-0.3, -0.25) is 4.72 Å². The van der Waals surface area contributed by atoms with Crippen molar-refractivity contribution in [3.8, 4) is 0 Å². The molecule has 0 amide bonds. The summed E-state index contributed by atoms with van der Waals surface area (Å²) in [7, 11) is -3.96. The SMILES string of the molecule is Nc1ccc(S(=O)(=O)Nc2nc3ccccc3nc2Nc2ccc(C(=O)O)cc2)cc1. The molecule has 0 saturated heterocycles. The fraction of sp³-hybridized carbons (Fsp3) is 0. The van der Waals surface area contributed by atoms with E-state index in [0.717, 1.165) is 0 Å². The number of nitrogen functional groups attached to an aromatic ring is 1. The topological polar surface area (TPSA) is 147 Å². The van der Waals surface area contributed by atoms with E-state index in [2.05, 4.69) is 20.0 Å². The van der Waals surface area contributed by atoms with E-state index in [1.54, 1.807) is 36.4 Å². The number of anilines is 4. The molecular formula is C21H17N5O4S. The Hall–Kier alpha value is -4.18. The number of hydrogen-bond acceptors (Lipinski definition) is 7. The molecule has 0 aliphatic carbocycles. The van der Waals surface area contributed by atoms with Crippen molar-refractivity contribution in [2.24, 2.45) is 0 Å². The normalized spacial score (nSPS) is 11.2. The molecule has 0 fully saturated rings. The first-order chi connectivity index (χ1) is 14.8. The number of nitrogens with zero attached hydrogens (tertiary/aromatic N) is 2. The molecular weight excluding hydrogens is 418 g/mol. The second-order valence-corrected chi connectivity index (χ2v) is 8.27. The summed E-state index contributed by atoms with van der Waals surface area (Å²) in [5.41, 5.74) is 7.78. The van der Waals surface area contributed by atoms with Gasteiger partial charge in [0.1, 0.15) is 0 Å². The molecule has 9 nitrogen and oxygen atoms in total. The molecule has 0 spiro atoms. The van der Waals surface area contributed by atoms with Gasteiger partial charge in [-0.25, -0.2) is 23.2 Å². The van der Waals surface area contributed by atoms with Gasteiger partial charge in [-0.1, -0.05) is 12.1 Å². The quantitative estimate of drug-likeness (QED) is 0.337. The number of carboxylic acid groups (broad SMARTS) is 1. The van der Waals surface area contributed by atoms with Crippen molar-refractivity contribution in [2.75, 3.05) is 15.8 Å². The summed E-state index contributed by atoms with van der Waals surface area (Å²) in [5, 5.41) is 12.1. The van der Waals surface area contributed by atoms with Crippen LogP contribution < -0.4 is 15.8 Å². The van der Waals surface area contributed by atoms with Crippen LogP contribution in [0.25, 0.3) is 11.0 Å². The van der Waals surface area contributed by atoms with Gasteiger partial charge in [0, 0.05) is 11.4 Å². The predicted molar refractivity (Wildman–Crippen MR) is 118 cm³/mol. The number of para-hydroxylation sites is 2. The number of fused-ring (bicyclic) bond motifs is 1. The summed E-state index contributed by atoms with van der Waals surface area (Å²) < 4.78 is 28.2. The van der Waals surface area contributed by atoms with Crippen LogP contribution in [0, 0.1) is 0 Å². The van der Waals surface area contributed by atoms with Crippen LogP contribution in [0.1, 0.15) is 10.4 Å². The van der Waals surface area contributed by atoms with Crippen molar-refractivity contribution in [1.82, 2.24) is 9.97 Å². The second-order valence-electron chi connectivity index (χ2n) is 6.59. The lowest BCUT2D eigenvalue weighted by Crippen LogP contribution is -2.16.